The number of aromatic amines is 1. The van der Waals surface area contributed by atoms with Gasteiger partial charge in [-0.25, -0.2) is 0 Å². The Labute approximate surface area is 127 Å². The van der Waals surface area contributed by atoms with E-state index in [0.717, 1.165) is 0 Å². The fourth-order valence-corrected chi connectivity index (χ4v) is 2.29. The highest BCUT2D eigenvalue weighted by Crippen LogP contribution is 2.43. The van der Waals surface area contributed by atoms with E-state index in [9.17, 15) is 4.79 Å². The number of hydrogen-bond acceptors (Lipinski definition) is 4. The SMILES string of the molecule is COc1ccc(-c2ccc(CCl)c(=O)[nH]2)c(OC)c1OC. The first-order valence-corrected chi connectivity index (χ1v) is 6.77. The molecule has 0 atom stereocenters. The van der Waals surface area contributed by atoms with Gasteiger partial charge in [-0.1, -0.05) is 6.07 Å². The minimum atomic E-state index is -0.223. The summed E-state index contributed by atoms with van der Waals surface area (Å²) in [6.45, 7) is 0. The molecule has 0 aliphatic carbocycles. The summed E-state index contributed by atoms with van der Waals surface area (Å²) in [5.74, 6) is 1.68. The van der Waals surface area contributed by atoms with Gasteiger partial charge in [-0.3, -0.25) is 4.79 Å². The molecule has 0 bridgehead atoms. The molecule has 0 radical (unpaired) electrons. The van der Waals surface area contributed by atoms with E-state index >= 15 is 0 Å². The van der Waals surface area contributed by atoms with Crippen molar-refractivity contribution in [3.63, 3.8) is 0 Å². The lowest BCUT2D eigenvalue weighted by atomic mass is 10.1. The summed E-state index contributed by atoms with van der Waals surface area (Å²) in [5, 5.41) is 0. The van der Waals surface area contributed by atoms with Crippen LogP contribution in [0.2, 0.25) is 0 Å². The zero-order valence-electron chi connectivity index (χ0n) is 12.0. The number of rotatable bonds is 5. The van der Waals surface area contributed by atoms with Gasteiger partial charge in [-0.05, 0) is 18.2 Å². The molecule has 2 aromatic rings. The molecule has 0 unspecified atom stereocenters. The number of pyridine rings is 1. The lowest BCUT2D eigenvalue weighted by molar-refractivity contribution is 0.325. The van der Waals surface area contributed by atoms with Gasteiger partial charge in [0.15, 0.2) is 11.5 Å². The molecule has 21 heavy (non-hydrogen) atoms. The Morgan fingerprint density at radius 2 is 1.71 bits per heavy atom. The van der Waals surface area contributed by atoms with Crippen LogP contribution in [0.25, 0.3) is 11.3 Å². The average Bonchev–Trinajstić information content (AvgIpc) is 2.52. The third-order valence-corrected chi connectivity index (χ3v) is 3.42. The smallest absolute Gasteiger partial charge is 0.252 e. The molecule has 112 valence electrons. The van der Waals surface area contributed by atoms with Crippen molar-refractivity contribution in [1.82, 2.24) is 4.98 Å². The maximum atomic E-state index is 11.9. The van der Waals surface area contributed by atoms with Crippen LogP contribution in [0.3, 0.4) is 0 Å². The lowest BCUT2D eigenvalue weighted by Gasteiger charge is -2.15. The van der Waals surface area contributed by atoms with Gasteiger partial charge in [0, 0.05) is 11.1 Å². The molecule has 2 rings (SSSR count). The number of halogens is 1. The molecule has 5 nitrogen and oxygen atoms in total. The number of ether oxygens (including phenoxy) is 3. The number of nitrogens with one attached hydrogen (secondary N) is 1. The van der Waals surface area contributed by atoms with E-state index in [2.05, 4.69) is 4.98 Å². The maximum Gasteiger partial charge on any atom is 0.252 e. The molecule has 0 fully saturated rings. The van der Waals surface area contributed by atoms with Crippen molar-refractivity contribution in [2.75, 3.05) is 21.3 Å². The Morgan fingerprint density at radius 1 is 1.00 bits per heavy atom. The highest BCUT2D eigenvalue weighted by atomic mass is 35.5. The van der Waals surface area contributed by atoms with Crippen molar-refractivity contribution in [2.24, 2.45) is 0 Å². The van der Waals surface area contributed by atoms with Crippen LogP contribution in [0.5, 0.6) is 17.2 Å². The standard InChI is InChI=1S/C15H16ClNO4/c1-19-12-7-5-10(13(20-2)14(12)21-3)11-6-4-9(8-16)15(18)17-11/h4-7H,8H2,1-3H3,(H,17,18). The van der Waals surface area contributed by atoms with Gasteiger partial charge >= 0.3 is 0 Å². The molecule has 0 saturated heterocycles. The molecule has 0 spiro atoms. The van der Waals surface area contributed by atoms with Crippen LogP contribution in [0, 0.1) is 0 Å². The van der Waals surface area contributed by atoms with Crippen molar-refractivity contribution >= 4 is 11.6 Å². The third-order valence-electron chi connectivity index (χ3n) is 3.13. The van der Waals surface area contributed by atoms with E-state index in [0.29, 0.717) is 34.1 Å². The maximum absolute atomic E-state index is 11.9. The summed E-state index contributed by atoms with van der Waals surface area (Å²) in [7, 11) is 4.61. The van der Waals surface area contributed by atoms with Crippen molar-refractivity contribution < 1.29 is 14.2 Å². The predicted octanol–water partition coefficient (Wildman–Crippen LogP) is 2.81. The molecular weight excluding hydrogens is 294 g/mol. The average molecular weight is 310 g/mol. The summed E-state index contributed by atoms with van der Waals surface area (Å²) in [6, 6.07) is 7.02. The summed E-state index contributed by atoms with van der Waals surface area (Å²) < 4.78 is 16.0. The molecular formula is C15H16ClNO4. The van der Waals surface area contributed by atoms with Gasteiger partial charge in [0.25, 0.3) is 5.56 Å². The minimum Gasteiger partial charge on any atom is -0.493 e. The Hall–Kier alpha value is -2.14. The van der Waals surface area contributed by atoms with E-state index in [1.807, 2.05) is 0 Å². The molecule has 1 aromatic heterocycles. The minimum absolute atomic E-state index is 0.165. The van der Waals surface area contributed by atoms with Crippen molar-refractivity contribution in [1.29, 1.82) is 0 Å². The van der Waals surface area contributed by atoms with Gasteiger partial charge < -0.3 is 19.2 Å². The van der Waals surface area contributed by atoms with Crippen LogP contribution in [0.15, 0.2) is 29.1 Å². The lowest BCUT2D eigenvalue weighted by Crippen LogP contribution is -2.11. The first-order chi connectivity index (χ1) is 10.2. The zero-order chi connectivity index (χ0) is 15.4. The van der Waals surface area contributed by atoms with Crippen LogP contribution in [0.4, 0.5) is 0 Å². The van der Waals surface area contributed by atoms with Gasteiger partial charge in [0.1, 0.15) is 0 Å². The summed E-state index contributed by atoms with van der Waals surface area (Å²) in [4.78, 5) is 14.7. The molecule has 0 saturated carbocycles. The summed E-state index contributed by atoms with van der Waals surface area (Å²) >= 11 is 5.70. The Bertz CT molecular complexity index is 697. The van der Waals surface area contributed by atoms with Gasteiger partial charge in [0.2, 0.25) is 5.75 Å². The first kappa shape index (κ1) is 15.3. The number of H-pyrrole nitrogens is 1. The Kier molecular flexibility index (Phi) is 4.75. The summed E-state index contributed by atoms with van der Waals surface area (Å²) in [6.07, 6.45) is 0. The van der Waals surface area contributed by atoms with E-state index in [1.54, 1.807) is 31.4 Å². The largest absolute Gasteiger partial charge is 0.493 e. The van der Waals surface area contributed by atoms with E-state index in [1.165, 1.54) is 14.2 Å². The second-order valence-electron chi connectivity index (χ2n) is 4.24. The van der Waals surface area contributed by atoms with Crippen LogP contribution in [-0.2, 0) is 5.88 Å². The van der Waals surface area contributed by atoms with Crippen molar-refractivity contribution in [3.05, 3.63) is 40.2 Å². The van der Waals surface area contributed by atoms with E-state index in [4.69, 9.17) is 25.8 Å². The molecule has 1 aromatic carbocycles. The van der Waals surface area contributed by atoms with Gasteiger partial charge in [-0.2, -0.15) is 0 Å². The molecule has 0 aliphatic heterocycles. The fourth-order valence-electron chi connectivity index (χ4n) is 2.08. The summed E-state index contributed by atoms with van der Waals surface area (Å²) in [5.41, 5.74) is 1.61. The quantitative estimate of drug-likeness (QED) is 0.863. The zero-order valence-corrected chi connectivity index (χ0v) is 12.8. The normalized spacial score (nSPS) is 10.3. The highest BCUT2D eigenvalue weighted by molar-refractivity contribution is 6.17. The van der Waals surface area contributed by atoms with Crippen LogP contribution >= 0.6 is 11.6 Å². The van der Waals surface area contributed by atoms with Crippen LogP contribution in [-0.4, -0.2) is 26.3 Å². The Morgan fingerprint density at radius 3 is 2.24 bits per heavy atom. The van der Waals surface area contributed by atoms with Crippen LogP contribution in [0.1, 0.15) is 5.56 Å². The molecule has 0 aliphatic rings. The molecule has 1 N–H and O–H groups in total. The second-order valence-corrected chi connectivity index (χ2v) is 4.51. The molecule has 1 heterocycles. The number of hydrogen-bond donors (Lipinski definition) is 1. The number of benzene rings is 1. The van der Waals surface area contributed by atoms with Crippen LogP contribution < -0.4 is 19.8 Å². The Balaban J connectivity index is 2.63. The van der Waals surface area contributed by atoms with Crippen molar-refractivity contribution in [3.8, 4) is 28.5 Å². The van der Waals surface area contributed by atoms with E-state index in [-0.39, 0.29) is 11.4 Å². The number of aromatic nitrogens is 1. The molecule has 0 amide bonds. The fraction of sp³-hybridized carbons (Fsp3) is 0.267. The first-order valence-electron chi connectivity index (χ1n) is 6.23. The van der Waals surface area contributed by atoms with Gasteiger partial charge in [-0.15, -0.1) is 11.6 Å². The second kappa shape index (κ2) is 6.54. The third kappa shape index (κ3) is 2.83. The number of methoxy groups -OCH3 is 3. The van der Waals surface area contributed by atoms with Crippen molar-refractivity contribution in [2.45, 2.75) is 5.88 Å². The van der Waals surface area contributed by atoms with E-state index < -0.39 is 0 Å². The topological polar surface area (TPSA) is 60.6 Å². The number of alkyl halides is 1. The van der Waals surface area contributed by atoms with Gasteiger partial charge in [0.05, 0.1) is 32.9 Å². The predicted molar refractivity (Wildman–Crippen MR) is 81.7 cm³/mol. The highest BCUT2D eigenvalue weighted by Gasteiger charge is 2.17. The monoisotopic (exact) mass is 309 g/mol. The molecule has 6 heteroatoms.